The third-order valence-electron chi connectivity index (χ3n) is 3.85. The number of nitrogens with zero attached hydrogens (tertiary/aromatic N) is 3. The molecule has 0 radical (unpaired) electrons. The number of aromatic nitrogens is 2. The van der Waals surface area contributed by atoms with Crippen molar-refractivity contribution in [1.29, 1.82) is 0 Å². The molecule has 1 saturated heterocycles. The second-order valence-corrected chi connectivity index (χ2v) is 5.92. The van der Waals surface area contributed by atoms with Crippen LogP contribution >= 0.6 is 11.6 Å². The van der Waals surface area contributed by atoms with Crippen molar-refractivity contribution in [2.45, 2.75) is 19.4 Å². The zero-order valence-electron chi connectivity index (χ0n) is 11.8. The number of rotatable bonds is 4. The topological polar surface area (TPSA) is 68.2 Å². The molecule has 112 valence electrons. The Bertz CT molecular complexity index is 584. The number of hydrogen-bond acceptors (Lipinski definition) is 5. The summed E-state index contributed by atoms with van der Waals surface area (Å²) in [5.74, 6) is 1.77. The van der Waals surface area contributed by atoms with Gasteiger partial charge in [-0.2, -0.15) is 0 Å². The molecule has 5 nitrogen and oxygen atoms in total. The minimum absolute atomic E-state index is 0.536. The van der Waals surface area contributed by atoms with Crippen LogP contribution in [0, 0.1) is 5.92 Å². The van der Waals surface area contributed by atoms with E-state index in [4.69, 9.17) is 21.8 Å². The van der Waals surface area contributed by atoms with Crippen LogP contribution in [0.3, 0.4) is 0 Å². The molecule has 2 heterocycles. The molecule has 1 unspecified atom stereocenters. The van der Waals surface area contributed by atoms with Crippen LogP contribution < -0.4 is 5.73 Å². The lowest BCUT2D eigenvalue weighted by Gasteiger charge is -2.30. The van der Waals surface area contributed by atoms with E-state index in [0.717, 1.165) is 25.2 Å². The fourth-order valence-electron chi connectivity index (χ4n) is 2.71. The van der Waals surface area contributed by atoms with Gasteiger partial charge < -0.3 is 10.2 Å². The first-order valence-corrected chi connectivity index (χ1v) is 7.63. The number of nitrogens with two attached hydrogens (primary N) is 1. The molecule has 21 heavy (non-hydrogen) atoms. The number of likely N-dealkylation sites (tertiary alicyclic amines) is 1. The molecular formula is C15H19ClN4O. The van der Waals surface area contributed by atoms with Crippen molar-refractivity contribution in [3.63, 3.8) is 0 Å². The summed E-state index contributed by atoms with van der Waals surface area (Å²) in [6, 6.07) is 7.39. The van der Waals surface area contributed by atoms with Crippen molar-refractivity contribution in [1.82, 2.24) is 15.1 Å². The van der Waals surface area contributed by atoms with Crippen LogP contribution in [0.25, 0.3) is 11.5 Å². The van der Waals surface area contributed by atoms with E-state index in [2.05, 4.69) is 15.1 Å². The van der Waals surface area contributed by atoms with Crippen LogP contribution in [0.2, 0.25) is 5.02 Å². The monoisotopic (exact) mass is 306 g/mol. The number of hydrogen-bond donors (Lipinski definition) is 1. The van der Waals surface area contributed by atoms with Crippen LogP contribution in [0.4, 0.5) is 0 Å². The van der Waals surface area contributed by atoms with Gasteiger partial charge in [0.1, 0.15) is 0 Å². The van der Waals surface area contributed by atoms with E-state index in [9.17, 15) is 0 Å². The zero-order chi connectivity index (χ0) is 14.7. The van der Waals surface area contributed by atoms with Crippen molar-refractivity contribution in [2.24, 2.45) is 11.7 Å². The van der Waals surface area contributed by atoms with Gasteiger partial charge in [-0.05, 0) is 56.1 Å². The Hall–Kier alpha value is -1.43. The summed E-state index contributed by atoms with van der Waals surface area (Å²) in [4.78, 5) is 2.33. The molecule has 1 aromatic carbocycles. The SMILES string of the molecule is NCC1CCCN(Cc2nnc(-c3ccc(Cl)cc3)o2)C1. The molecule has 0 saturated carbocycles. The van der Waals surface area contributed by atoms with Gasteiger partial charge in [0.15, 0.2) is 0 Å². The Morgan fingerprint density at radius 1 is 1.29 bits per heavy atom. The quantitative estimate of drug-likeness (QED) is 0.940. The standard InChI is InChI=1S/C15H19ClN4O/c16-13-5-3-12(4-6-13)15-19-18-14(21-15)10-20-7-1-2-11(8-17)9-20/h3-6,11H,1-2,7-10,17H2. The molecule has 1 aliphatic rings. The molecule has 0 bridgehead atoms. The fourth-order valence-corrected chi connectivity index (χ4v) is 2.83. The Kier molecular flexibility index (Phi) is 4.53. The van der Waals surface area contributed by atoms with Crippen molar-refractivity contribution in [2.75, 3.05) is 19.6 Å². The maximum absolute atomic E-state index is 5.88. The van der Waals surface area contributed by atoms with Gasteiger partial charge in [0.25, 0.3) is 0 Å². The van der Waals surface area contributed by atoms with E-state index >= 15 is 0 Å². The summed E-state index contributed by atoms with van der Waals surface area (Å²) >= 11 is 5.88. The molecule has 1 aliphatic heterocycles. The predicted molar refractivity (Wildman–Crippen MR) is 81.8 cm³/mol. The maximum atomic E-state index is 5.88. The van der Waals surface area contributed by atoms with Gasteiger partial charge in [0.05, 0.1) is 6.54 Å². The molecule has 1 atom stereocenters. The smallest absolute Gasteiger partial charge is 0.247 e. The third kappa shape index (κ3) is 3.61. The van der Waals surface area contributed by atoms with E-state index in [1.807, 2.05) is 24.3 Å². The van der Waals surface area contributed by atoms with Gasteiger partial charge in [-0.25, -0.2) is 0 Å². The average Bonchev–Trinajstić information content (AvgIpc) is 2.96. The Balaban J connectivity index is 1.66. The molecule has 0 aliphatic carbocycles. The number of piperidine rings is 1. The highest BCUT2D eigenvalue weighted by molar-refractivity contribution is 6.30. The van der Waals surface area contributed by atoms with Crippen molar-refractivity contribution in [3.05, 3.63) is 35.2 Å². The van der Waals surface area contributed by atoms with Gasteiger partial charge >= 0.3 is 0 Å². The highest BCUT2D eigenvalue weighted by Crippen LogP contribution is 2.22. The Morgan fingerprint density at radius 2 is 2.10 bits per heavy atom. The van der Waals surface area contributed by atoms with Gasteiger partial charge in [-0.1, -0.05) is 11.6 Å². The highest BCUT2D eigenvalue weighted by Gasteiger charge is 2.20. The summed E-state index contributed by atoms with van der Waals surface area (Å²) in [6.07, 6.45) is 2.40. The summed E-state index contributed by atoms with van der Waals surface area (Å²) in [5.41, 5.74) is 6.65. The van der Waals surface area contributed by atoms with Crippen LogP contribution in [0.5, 0.6) is 0 Å². The molecule has 1 fully saturated rings. The van der Waals surface area contributed by atoms with Gasteiger partial charge in [-0.15, -0.1) is 10.2 Å². The van der Waals surface area contributed by atoms with Crippen LogP contribution in [0.15, 0.2) is 28.7 Å². The summed E-state index contributed by atoms with van der Waals surface area (Å²) in [7, 11) is 0. The Labute approximate surface area is 129 Å². The lowest BCUT2D eigenvalue weighted by Crippen LogP contribution is -2.37. The van der Waals surface area contributed by atoms with Crippen molar-refractivity contribution >= 4 is 11.6 Å². The van der Waals surface area contributed by atoms with Gasteiger partial charge in [0.2, 0.25) is 11.8 Å². The summed E-state index contributed by atoms with van der Waals surface area (Å²) in [5, 5.41) is 8.94. The van der Waals surface area contributed by atoms with Gasteiger partial charge in [-0.3, -0.25) is 4.90 Å². The normalized spacial score (nSPS) is 19.8. The summed E-state index contributed by atoms with van der Waals surface area (Å²) < 4.78 is 5.74. The lowest BCUT2D eigenvalue weighted by atomic mass is 9.98. The Morgan fingerprint density at radius 3 is 2.86 bits per heavy atom. The molecule has 2 aromatic rings. The predicted octanol–water partition coefficient (Wildman–Crippen LogP) is 2.56. The first kappa shape index (κ1) is 14.5. The van der Waals surface area contributed by atoms with Crippen molar-refractivity contribution < 1.29 is 4.42 Å². The summed E-state index contributed by atoms with van der Waals surface area (Å²) in [6.45, 7) is 3.51. The van der Waals surface area contributed by atoms with E-state index in [1.165, 1.54) is 12.8 Å². The number of benzene rings is 1. The maximum Gasteiger partial charge on any atom is 0.247 e. The van der Waals surface area contributed by atoms with E-state index in [0.29, 0.717) is 29.3 Å². The molecule has 6 heteroatoms. The van der Waals surface area contributed by atoms with E-state index in [1.54, 1.807) is 0 Å². The van der Waals surface area contributed by atoms with Crippen molar-refractivity contribution in [3.8, 4) is 11.5 Å². The highest BCUT2D eigenvalue weighted by atomic mass is 35.5. The van der Waals surface area contributed by atoms with Crippen LogP contribution in [0.1, 0.15) is 18.7 Å². The zero-order valence-corrected chi connectivity index (χ0v) is 12.6. The van der Waals surface area contributed by atoms with E-state index < -0.39 is 0 Å². The molecule has 2 N–H and O–H groups in total. The first-order valence-electron chi connectivity index (χ1n) is 7.25. The second kappa shape index (κ2) is 6.56. The molecule has 1 aromatic heterocycles. The van der Waals surface area contributed by atoms with Gasteiger partial charge in [0, 0.05) is 17.1 Å². The molecule has 0 spiro atoms. The number of halogens is 1. The minimum atomic E-state index is 0.536. The lowest BCUT2D eigenvalue weighted by molar-refractivity contribution is 0.158. The largest absolute Gasteiger partial charge is 0.419 e. The van der Waals surface area contributed by atoms with E-state index in [-0.39, 0.29) is 0 Å². The molecule has 3 rings (SSSR count). The van der Waals surface area contributed by atoms with Crippen LogP contribution in [-0.4, -0.2) is 34.7 Å². The third-order valence-corrected chi connectivity index (χ3v) is 4.11. The minimum Gasteiger partial charge on any atom is -0.419 e. The second-order valence-electron chi connectivity index (χ2n) is 5.49. The van der Waals surface area contributed by atoms with Crippen LogP contribution in [-0.2, 0) is 6.54 Å². The molecular weight excluding hydrogens is 288 g/mol. The molecule has 0 amide bonds. The fraction of sp³-hybridized carbons (Fsp3) is 0.467. The average molecular weight is 307 g/mol. The first-order chi connectivity index (χ1) is 10.2.